The summed E-state index contributed by atoms with van der Waals surface area (Å²) in [6, 6.07) is -1.23. The summed E-state index contributed by atoms with van der Waals surface area (Å²) in [4.78, 5) is 24.1. The maximum Gasteiger partial charge on any atom is 0.242 e. The van der Waals surface area contributed by atoms with Gasteiger partial charge in [-0.15, -0.1) is 0 Å². The Bertz CT molecular complexity index is 269. The monoisotopic (exact) mass is 215 g/mol. The predicted octanol–water partition coefficient (Wildman–Crippen LogP) is -1.57. The molecule has 0 aliphatic carbocycles. The Morgan fingerprint density at radius 2 is 2.13 bits per heavy atom. The summed E-state index contributed by atoms with van der Waals surface area (Å²) in [5.41, 5.74) is 10.8. The lowest BCUT2D eigenvalue weighted by atomic mass is 10.00. The van der Waals surface area contributed by atoms with Crippen LogP contribution in [0, 0.1) is 0 Å². The van der Waals surface area contributed by atoms with Gasteiger partial charge in [-0.3, -0.25) is 9.59 Å². The molecule has 0 bridgehead atoms. The van der Waals surface area contributed by atoms with E-state index in [1.54, 1.807) is 6.92 Å². The molecule has 3 atom stereocenters. The number of hydrogen-bond acceptors (Lipinski definition) is 4. The molecule has 2 amide bonds. The third kappa shape index (κ3) is 2.27. The Hall–Kier alpha value is -1.14. The van der Waals surface area contributed by atoms with Crippen molar-refractivity contribution < 1.29 is 14.3 Å². The fourth-order valence-electron chi connectivity index (χ4n) is 1.49. The number of carbonyl (C=O) groups is 2. The summed E-state index contributed by atoms with van der Waals surface area (Å²) < 4.78 is 4.96. The normalized spacial score (nSPS) is 24.2. The SMILES string of the molecule is COC(C)C(N)C(=O)N1CCC1C(N)=O. The van der Waals surface area contributed by atoms with E-state index in [1.165, 1.54) is 12.0 Å². The van der Waals surface area contributed by atoms with Crippen molar-refractivity contribution in [2.75, 3.05) is 13.7 Å². The van der Waals surface area contributed by atoms with Crippen molar-refractivity contribution in [1.82, 2.24) is 4.90 Å². The minimum Gasteiger partial charge on any atom is -0.380 e. The van der Waals surface area contributed by atoms with Gasteiger partial charge in [-0.25, -0.2) is 0 Å². The van der Waals surface area contributed by atoms with Gasteiger partial charge in [-0.1, -0.05) is 0 Å². The van der Waals surface area contributed by atoms with Crippen molar-refractivity contribution in [2.24, 2.45) is 11.5 Å². The van der Waals surface area contributed by atoms with Crippen LogP contribution in [0.4, 0.5) is 0 Å². The molecule has 1 aliphatic heterocycles. The summed E-state index contributed by atoms with van der Waals surface area (Å²) in [6.45, 7) is 2.25. The average Bonchev–Trinajstić information content (AvgIpc) is 2.12. The second-order valence-corrected chi connectivity index (χ2v) is 3.71. The second-order valence-electron chi connectivity index (χ2n) is 3.71. The molecule has 1 saturated heterocycles. The highest BCUT2D eigenvalue weighted by Gasteiger charge is 2.39. The Morgan fingerprint density at radius 1 is 1.53 bits per heavy atom. The largest absolute Gasteiger partial charge is 0.380 e. The van der Waals surface area contributed by atoms with Crippen molar-refractivity contribution >= 4 is 11.8 Å². The molecule has 0 radical (unpaired) electrons. The van der Waals surface area contributed by atoms with Gasteiger partial charge >= 0.3 is 0 Å². The molecule has 1 rings (SSSR count). The van der Waals surface area contributed by atoms with Crippen LogP contribution < -0.4 is 11.5 Å². The molecule has 0 aromatic carbocycles. The lowest BCUT2D eigenvalue weighted by Gasteiger charge is -2.40. The topological polar surface area (TPSA) is 98.7 Å². The summed E-state index contributed by atoms with van der Waals surface area (Å²) in [7, 11) is 1.49. The van der Waals surface area contributed by atoms with E-state index in [9.17, 15) is 9.59 Å². The molecular weight excluding hydrogens is 198 g/mol. The molecule has 86 valence electrons. The number of rotatable bonds is 4. The van der Waals surface area contributed by atoms with Crippen LogP contribution in [0.5, 0.6) is 0 Å². The van der Waals surface area contributed by atoms with Crippen LogP contribution in [0.15, 0.2) is 0 Å². The fourth-order valence-corrected chi connectivity index (χ4v) is 1.49. The number of primary amides is 1. The third-order valence-electron chi connectivity index (χ3n) is 2.79. The molecule has 1 heterocycles. The van der Waals surface area contributed by atoms with Crippen LogP contribution in [0.2, 0.25) is 0 Å². The molecule has 6 heteroatoms. The van der Waals surface area contributed by atoms with Gasteiger partial charge in [0, 0.05) is 13.7 Å². The molecular formula is C9H17N3O3. The van der Waals surface area contributed by atoms with E-state index in [-0.39, 0.29) is 12.0 Å². The first-order valence-corrected chi connectivity index (χ1v) is 4.87. The van der Waals surface area contributed by atoms with E-state index in [2.05, 4.69) is 0 Å². The molecule has 0 aromatic heterocycles. The van der Waals surface area contributed by atoms with Crippen molar-refractivity contribution in [2.45, 2.75) is 31.5 Å². The van der Waals surface area contributed by atoms with E-state index in [0.717, 1.165) is 0 Å². The van der Waals surface area contributed by atoms with Crippen molar-refractivity contribution in [3.8, 4) is 0 Å². The van der Waals surface area contributed by atoms with Crippen LogP contribution in [0.1, 0.15) is 13.3 Å². The lowest BCUT2D eigenvalue weighted by molar-refractivity contribution is -0.149. The molecule has 0 spiro atoms. The molecule has 1 fully saturated rings. The number of ether oxygens (including phenoxy) is 1. The maximum absolute atomic E-state index is 11.8. The molecule has 6 nitrogen and oxygen atoms in total. The van der Waals surface area contributed by atoms with Crippen LogP contribution in [-0.2, 0) is 14.3 Å². The highest BCUT2D eigenvalue weighted by molar-refractivity contribution is 5.90. The zero-order chi connectivity index (χ0) is 11.6. The van der Waals surface area contributed by atoms with Crippen LogP contribution in [0.3, 0.4) is 0 Å². The first-order chi connectivity index (χ1) is 6.99. The van der Waals surface area contributed by atoms with Gasteiger partial charge in [-0.2, -0.15) is 0 Å². The van der Waals surface area contributed by atoms with Gasteiger partial charge < -0.3 is 21.1 Å². The summed E-state index contributed by atoms with van der Waals surface area (Å²) in [5.74, 6) is -0.758. The van der Waals surface area contributed by atoms with E-state index in [1.807, 2.05) is 0 Å². The van der Waals surface area contributed by atoms with Crippen LogP contribution in [0.25, 0.3) is 0 Å². The molecule has 3 unspecified atom stereocenters. The first-order valence-electron chi connectivity index (χ1n) is 4.87. The van der Waals surface area contributed by atoms with Gasteiger partial charge in [0.05, 0.1) is 6.10 Å². The highest BCUT2D eigenvalue weighted by atomic mass is 16.5. The van der Waals surface area contributed by atoms with Gasteiger partial charge in [0.1, 0.15) is 12.1 Å². The van der Waals surface area contributed by atoms with Gasteiger partial charge in [0.2, 0.25) is 11.8 Å². The second kappa shape index (κ2) is 4.59. The van der Waals surface area contributed by atoms with E-state index in [4.69, 9.17) is 16.2 Å². The zero-order valence-electron chi connectivity index (χ0n) is 8.97. The number of hydrogen-bond donors (Lipinski definition) is 2. The Labute approximate surface area is 88.5 Å². The lowest BCUT2D eigenvalue weighted by Crippen LogP contribution is -2.62. The first kappa shape index (κ1) is 11.9. The number of carbonyl (C=O) groups excluding carboxylic acids is 2. The van der Waals surface area contributed by atoms with Gasteiger partial charge in [-0.05, 0) is 13.3 Å². The van der Waals surface area contributed by atoms with E-state index >= 15 is 0 Å². The van der Waals surface area contributed by atoms with Crippen molar-refractivity contribution in [3.63, 3.8) is 0 Å². The highest BCUT2D eigenvalue weighted by Crippen LogP contribution is 2.18. The quantitative estimate of drug-likeness (QED) is 0.592. The Balaban J connectivity index is 2.57. The maximum atomic E-state index is 11.8. The molecule has 0 saturated carbocycles. The van der Waals surface area contributed by atoms with E-state index in [0.29, 0.717) is 13.0 Å². The molecule has 1 aliphatic rings. The standard InChI is InChI=1S/C9H17N3O3/c1-5(15-2)7(10)9(14)12-4-3-6(12)8(11)13/h5-7H,3-4,10H2,1-2H3,(H2,11,13). The molecule has 0 aromatic rings. The number of likely N-dealkylation sites (tertiary alicyclic amines) is 1. The minimum absolute atomic E-state index is 0.278. The minimum atomic E-state index is -0.739. The zero-order valence-corrected chi connectivity index (χ0v) is 8.97. The van der Waals surface area contributed by atoms with Gasteiger partial charge in [0.25, 0.3) is 0 Å². The average molecular weight is 215 g/mol. The molecule has 4 N–H and O–H groups in total. The Morgan fingerprint density at radius 3 is 2.47 bits per heavy atom. The smallest absolute Gasteiger partial charge is 0.242 e. The van der Waals surface area contributed by atoms with Crippen LogP contribution >= 0.6 is 0 Å². The van der Waals surface area contributed by atoms with E-state index < -0.39 is 18.0 Å². The summed E-state index contributed by atoms with van der Waals surface area (Å²) in [5, 5.41) is 0. The third-order valence-corrected chi connectivity index (χ3v) is 2.79. The van der Waals surface area contributed by atoms with Gasteiger partial charge in [0.15, 0.2) is 0 Å². The number of nitrogens with two attached hydrogens (primary N) is 2. The predicted molar refractivity (Wildman–Crippen MR) is 53.8 cm³/mol. The Kier molecular flexibility index (Phi) is 3.65. The number of methoxy groups -OCH3 is 1. The summed E-state index contributed by atoms with van der Waals surface area (Å²) in [6.07, 6.45) is 0.251. The number of amides is 2. The summed E-state index contributed by atoms with van der Waals surface area (Å²) >= 11 is 0. The van der Waals surface area contributed by atoms with Crippen molar-refractivity contribution in [3.05, 3.63) is 0 Å². The van der Waals surface area contributed by atoms with Crippen LogP contribution in [-0.4, -0.2) is 48.6 Å². The van der Waals surface area contributed by atoms with Crippen molar-refractivity contribution in [1.29, 1.82) is 0 Å². The molecule has 15 heavy (non-hydrogen) atoms. The fraction of sp³-hybridized carbons (Fsp3) is 0.778. The number of nitrogens with zero attached hydrogens (tertiary/aromatic N) is 1.